The molecule has 0 radical (unpaired) electrons. The van der Waals surface area contributed by atoms with Crippen molar-refractivity contribution >= 4 is 23.7 Å². The van der Waals surface area contributed by atoms with Crippen molar-refractivity contribution in [1.29, 1.82) is 0 Å². The van der Waals surface area contributed by atoms with Gasteiger partial charge in [0, 0.05) is 11.4 Å². The van der Waals surface area contributed by atoms with Crippen LogP contribution >= 0.6 is 11.8 Å². The third kappa shape index (κ3) is 5.59. The van der Waals surface area contributed by atoms with Crippen molar-refractivity contribution in [2.24, 2.45) is 0 Å². The molecular weight excluding hydrogens is 472 g/mol. The molecule has 0 saturated carbocycles. The smallest absolute Gasteiger partial charge is 0.338 e. The summed E-state index contributed by atoms with van der Waals surface area (Å²) in [7, 11) is 1.39. The summed E-state index contributed by atoms with van der Waals surface area (Å²) in [4.78, 5) is 17.4. The Morgan fingerprint density at radius 1 is 1.11 bits per heavy atom. The topological polar surface area (TPSA) is 78.3 Å². The molecule has 1 atom stereocenters. The summed E-state index contributed by atoms with van der Waals surface area (Å²) in [6.45, 7) is 11.1. The van der Waals surface area contributed by atoms with E-state index in [0.29, 0.717) is 29.0 Å². The minimum atomic E-state index is -0.448. The van der Waals surface area contributed by atoms with Gasteiger partial charge in [-0.2, -0.15) is 4.98 Å². The van der Waals surface area contributed by atoms with Crippen LogP contribution in [0, 0.1) is 0 Å². The average Bonchev–Trinajstić information content (AvgIpc) is 3.27. The van der Waals surface area contributed by atoms with E-state index in [0.717, 1.165) is 29.1 Å². The van der Waals surface area contributed by atoms with Crippen molar-refractivity contribution in [3.63, 3.8) is 0 Å². The molecule has 2 heterocycles. The van der Waals surface area contributed by atoms with Gasteiger partial charge in [0.05, 0.1) is 12.7 Å². The molecule has 36 heavy (non-hydrogen) atoms. The first-order valence-corrected chi connectivity index (χ1v) is 13.2. The summed E-state index contributed by atoms with van der Waals surface area (Å²) < 4.78 is 12.9. The Morgan fingerprint density at radius 2 is 1.81 bits per heavy atom. The molecule has 4 rings (SSSR count). The number of benzene rings is 2. The first-order chi connectivity index (χ1) is 17.2. The standard InChI is InChI=1S/C28H34N4O3S/c1-7-16-36-27-30-26-29-18(2)23(25(33)34-6)24(32(26)31-27)20-10-14-22(15-11-20)35-17-19-8-12-21(13-9-19)28(3,4)5/h8-15,24H,7,16-17H2,1-6H3,(H,29,30,31). The van der Waals surface area contributed by atoms with Gasteiger partial charge in [0.1, 0.15) is 18.4 Å². The lowest BCUT2D eigenvalue weighted by Crippen LogP contribution is -2.29. The van der Waals surface area contributed by atoms with Gasteiger partial charge in [0.15, 0.2) is 0 Å². The fourth-order valence-electron chi connectivity index (χ4n) is 4.08. The first kappa shape index (κ1) is 25.8. The van der Waals surface area contributed by atoms with Crippen LogP contribution in [0.15, 0.2) is 65.0 Å². The Bertz CT molecular complexity index is 1240. The lowest BCUT2D eigenvalue weighted by atomic mass is 9.87. The van der Waals surface area contributed by atoms with Crippen molar-refractivity contribution in [2.45, 2.75) is 64.3 Å². The zero-order valence-corrected chi connectivity index (χ0v) is 22.6. The zero-order chi connectivity index (χ0) is 25.9. The molecule has 0 aliphatic carbocycles. The predicted octanol–water partition coefficient (Wildman–Crippen LogP) is 6.12. The second-order valence-corrected chi connectivity index (χ2v) is 10.9. The van der Waals surface area contributed by atoms with Crippen molar-refractivity contribution in [2.75, 3.05) is 18.2 Å². The minimum Gasteiger partial charge on any atom is -0.489 e. The number of hydrogen-bond acceptors (Lipinski definition) is 7. The zero-order valence-electron chi connectivity index (χ0n) is 21.8. The van der Waals surface area contributed by atoms with Crippen molar-refractivity contribution in [3.05, 3.63) is 76.5 Å². The van der Waals surface area contributed by atoms with Crippen LogP contribution in [0.2, 0.25) is 0 Å². The molecule has 1 unspecified atom stereocenters. The molecule has 0 saturated heterocycles. The van der Waals surface area contributed by atoms with E-state index in [1.165, 1.54) is 12.7 Å². The Hall–Kier alpha value is -3.26. The van der Waals surface area contributed by atoms with E-state index in [1.54, 1.807) is 16.4 Å². The Labute approximate surface area is 217 Å². The molecule has 0 bridgehead atoms. The van der Waals surface area contributed by atoms with E-state index in [-0.39, 0.29) is 5.41 Å². The van der Waals surface area contributed by atoms with Gasteiger partial charge in [-0.15, -0.1) is 5.10 Å². The number of carbonyl (C=O) groups excluding carboxylic acids is 1. The Morgan fingerprint density at radius 3 is 2.42 bits per heavy atom. The van der Waals surface area contributed by atoms with E-state index < -0.39 is 12.0 Å². The Kier molecular flexibility index (Phi) is 7.73. The van der Waals surface area contributed by atoms with Crippen LogP contribution in [0.5, 0.6) is 5.75 Å². The molecule has 0 amide bonds. The number of nitrogens with zero attached hydrogens (tertiary/aromatic N) is 3. The lowest BCUT2D eigenvalue weighted by Gasteiger charge is -2.27. The highest BCUT2D eigenvalue weighted by molar-refractivity contribution is 7.99. The number of methoxy groups -OCH3 is 1. The lowest BCUT2D eigenvalue weighted by molar-refractivity contribution is -0.136. The van der Waals surface area contributed by atoms with E-state index in [1.807, 2.05) is 31.2 Å². The Balaban J connectivity index is 1.56. The molecule has 0 spiro atoms. The van der Waals surface area contributed by atoms with E-state index in [9.17, 15) is 4.79 Å². The fraction of sp³-hybridized carbons (Fsp3) is 0.393. The summed E-state index contributed by atoms with van der Waals surface area (Å²) in [5, 5.41) is 8.60. The number of carbonyl (C=O) groups is 1. The SMILES string of the molecule is CCCSc1nc2n(n1)C(c1ccc(OCc3ccc(C(C)(C)C)cc3)cc1)C(C(=O)OC)=C(C)N2. The molecule has 1 N–H and O–H groups in total. The number of aromatic nitrogens is 3. The number of thioether (sulfide) groups is 1. The number of hydrogen-bond donors (Lipinski definition) is 1. The number of fused-ring (bicyclic) bond motifs is 1. The van der Waals surface area contributed by atoms with Crippen LogP contribution in [-0.4, -0.2) is 33.6 Å². The van der Waals surface area contributed by atoms with Gasteiger partial charge >= 0.3 is 5.97 Å². The third-order valence-corrected chi connectivity index (χ3v) is 7.14. The maximum Gasteiger partial charge on any atom is 0.338 e. The van der Waals surface area contributed by atoms with Gasteiger partial charge in [-0.25, -0.2) is 9.48 Å². The minimum absolute atomic E-state index is 0.124. The number of esters is 1. The maximum atomic E-state index is 12.8. The molecule has 0 fully saturated rings. The van der Waals surface area contributed by atoms with Crippen molar-refractivity contribution in [3.8, 4) is 5.75 Å². The van der Waals surface area contributed by atoms with Gasteiger partial charge in [0.25, 0.3) is 0 Å². The summed E-state index contributed by atoms with van der Waals surface area (Å²) in [6.07, 6.45) is 1.03. The molecule has 1 aromatic heterocycles. The molecule has 1 aliphatic rings. The summed E-state index contributed by atoms with van der Waals surface area (Å²) in [5.74, 6) is 1.90. The van der Waals surface area contributed by atoms with Gasteiger partial charge in [-0.3, -0.25) is 0 Å². The summed E-state index contributed by atoms with van der Waals surface area (Å²) >= 11 is 1.60. The molecule has 8 heteroatoms. The van der Waals surface area contributed by atoms with Crippen LogP contribution in [0.3, 0.4) is 0 Å². The normalized spacial score (nSPS) is 15.3. The van der Waals surface area contributed by atoms with Crippen LogP contribution in [-0.2, 0) is 21.6 Å². The van der Waals surface area contributed by atoms with Gasteiger partial charge in [0.2, 0.25) is 11.1 Å². The molecular formula is C28H34N4O3S. The number of allylic oxidation sites excluding steroid dienone is 1. The maximum absolute atomic E-state index is 12.8. The van der Waals surface area contributed by atoms with Crippen LogP contribution in [0.1, 0.15) is 63.8 Å². The number of rotatable bonds is 8. The van der Waals surface area contributed by atoms with Crippen LogP contribution in [0.4, 0.5) is 5.95 Å². The number of anilines is 1. The predicted molar refractivity (Wildman–Crippen MR) is 143 cm³/mol. The second-order valence-electron chi connectivity index (χ2n) is 9.87. The van der Waals surface area contributed by atoms with E-state index >= 15 is 0 Å². The second kappa shape index (κ2) is 10.8. The third-order valence-electron chi connectivity index (χ3n) is 6.10. The number of ether oxygens (including phenoxy) is 2. The molecule has 7 nitrogen and oxygen atoms in total. The average molecular weight is 507 g/mol. The molecule has 190 valence electrons. The highest BCUT2D eigenvalue weighted by atomic mass is 32.2. The van der Waals surface area contributed by atoms with Crippen molar-refractivity contribution < 1.29 is 14.3 Å². The van der Waals surface area contributed by atoms with E-state index in [2.05, 4.69) is 62.3 Å². The highest BCUT2D eigenvalue weighted by Gasteiger charge is 2.35. The van der Waals surface area contributed by atoms with Gasteiger partial charge < -0.3 is 14.8 Å². The van der Waals surface area contributed by atoms with Gasteiger partial charge in [-0.1, -0.05) is 75.9 Å². The van der Waals surface area contributed by atoms with E-state index in [4.69, 9.17) is 14.6 Å². The van der Waals surface area contributed by atoms with Crippen LogP contribution < -0.4 is 10.1 Å². The molecule has 2 aromatic carbocycles. The highest BCUT2D eigenvalue weighted by Crippen LogP contribution is 2.37. The van der Waals surface area contributed by atoms with Crippen LogP contribution in [0.25, 0.3) is 0 Å². The number of nitrogens with one attached hydrogen (secondary N) is 1. The first-order valence-electron chi connectivity index (χ1n) is 12.2. The van der Waals surface area contributed by atoms with Crippen molar-refractivity contribution in [1.82, 2.24) is 14.8 Å². The summed E-state index contributed by atoms with van der Waals surface area (Å²) in [5.41, 5.74) is 4.65. The van der Waals surface area contributed by atoms with Gasteiger partial charge in [-0.05, 0) is 47.6 Å². The monoisotopic (exact) mass is 506 g/mol. The molecule has 1 aliphatic heterocycles. The largest absolute Gasteiger partial charge is 0.489 e. The quantitative estimate of drug-likeness (QED) is 0.291. The molecule has 3 aromatic rings. The fourth-order valence-corrected chi connectivity index (χ4v) is 4.77. The summed E-state index contributed by atoms with van der Waals surface area (Å²) in [6, 6.07) is 15.9.